The number of hydrogen-bond donors (Lipinski definition) is 2. The van der Waals surface area contributed by atoms with E-state index in [1.165, 1.54) is 6.07 Å². The van der Waals surface area contributed by atoms with E-state index < -0.39 is 29.6 Å². The summed E-state index contributed by atoms with van der Waals surface area (Å²) in [6.07, 6.45) is 1.65. The molecule has 0 fully saturated rings. The van der Waals surface area contributed by atoms with Gasteiger partial charge in [-0.25, -0.2) is 4.39 Å². The van der Waals surface area contributed by atoms with Gasteiger partial charge in [-0.2, -0.15) is 0 Å². The summed E-state index contributed by atoms with van der Waals surface area (Å²) in [4.78, 5) is 45.1. The standard InChI is InChI=1S/C39H42ClFN4O3/c1-4-11-30(37(42)46)31(20-25(2)3)38(47)43-34-24-44(29-14-6-5-7-15-29)35-16-8-9-17-36(35)45(39(34)48)23-26-12-10-13-27(21-26)28-18-19-33(41)32(40)22-28/h5-10,12-19,21-22,25,30-31,34H,4,11,20,23-24H2,1-3H3,(H2,42,46)(H,43,47)/t30-,31+,34?/m0/s1. The smallest absolute Gasteiger partial charge is 0.251 e. The molecule has 3 atom stereocenters. The molecule has 3 N–H and O–H groups in total. The Balaban J connectivity index is 1.55. The molecule has 48 heavy (non-hydrogen) atoms. The summed E-state index contributed by atoms with van der Waals surface area (Å²) in [5, 5.41) is 3.11. The summed E-state index contributed by atoms with van der Waals surface area (Å²) < 4.78 is 13.9. The second-order valence-electron chi connectivity index (χ2n) is 12.8. The van der Waals surface area contributed by atoms with Crippen LogP contribution >= 0.6 is 11.6 Å². The van der Waals surface area contributed by atoms with E-state index in [-0.39, 0.29) is 35.8 Å². The molecule has 9 heteroatoms. The van der Waals surface area contributed by atoms with Gasteiger partial charge in [0.1, 0.15) is 11.9 Å². The number of nitrogens with zero attached hydrogens (tertiary/aromatic N) is 2. The molecule has 4 aromatic carbocycles. The van der Waals surface area contributed by atoms with Gasteiger partial charge in [-0.05, 0) is 77.9 Å². The minimum atomic E-state index is -0.936. The highest BCUT2D eigenvalue weighted by Gasteiger charge is 2.39. The van der Waals surface area contributed by atoms with Crippen molar-refractivity contribution in [1.29, 1.82) is 0 Å². The van der Waals surface area contributed by atoms with Crippen molar-refractivity contribution in [2.24, 2.45) is 23.5 Å². The van der Waals surface area contributed by atoms with Crippen molar-refractivity contribution in [2.45, 2.75) is 52.6 Å². The number of rotatable bonds is 12. The Bertz CT molecular complexity index is 1770. The van der Waals surface area contributed by atoms with E-state index in [4.69, 9.17) is 17.3 Å². The first-order valence-corrected chi connectivity index (χ1v) is 16.8. The van der Waals surface area contributed by atoms with Gasteiger partial charge >= 0.3 is 0 Å². The Labute approximate surface area is 286 Å². The molecular formula is C39H42ClFN4O3. The minimum absolute atomic E-state index is 0.0300. The van der Waals surface area contributed by atoms with Crippen LogP contribution < -0.4 is 20.9 Å². The second kappa shape index (κ2) is 15.5. The Morgan fingerprint density at radius 2 is 1.60 bits per heavy atom. The summed E-state index contributed by atoms with van der Waals surface area (Å²) in [5.41, 5.74) is 10.6. The fourth-order valence-electron chi connectivity index (χ4n) is 6.51. The number of anilines is 3. The van der Waals surface area contributed by atoms with Crippen LogP contribution in [0.4, 0.5) is 21.5 Å². The van der Waals surface area contributed by atoms with E-state index in [1.807, 2.05) is 105 Å². The normalized spacial score (nSPS) is 15.9. The number of hydrogen-bond acceptors (Lipinski definition) is 4. The fraction of sp³-hybridized carbons (Fsp3) is 0.308. The van der Waals surface area contributed by atoms with Crippen LogP contribution in [0, 0.1) is 23.6 Å². The largest absolute Gasteiger partial charge is 0.369 e. The van der Waals surface area contributed by atoms with Gasteiger partial charge < -0.3 is 20.9 Å². The van der Waals surface area contributed by atoms with Crippen molar-refractivity contribution in [3.05, 3.63) is 113 Å². The number of para-hydroxylation sites is 3. The number of nitrogens with one attached hydrogen (secondary N) is 1. The van der Waals surface area contributed by atoms with E-state index in [1.54, 1.807) is 17.0 Å². The lowest BCUT2D eigenvalue weighted by molar-refractivity contribution is -0.136. The first-order valence-electron chi connectivity index (χ1n) is 16.4. The molecule has 0 spiro atoms. The molecule has 0 aromatic heterocycles. The monoisotopic (exact) mass is 668 g/mol. The van der Waals surface area contributed by atoms with E-state index in [0.717, 1.165) is 28.1 Å². The quantitative estimate of drug-likeness (QED) is 0.161. The maximum absolute atomic E-state index is 14.7. The van der Waals surface area contributed by atoms with Gasteiger partial charge in [0, 0.05) is 17.5 Å². The van der Waals surface area contributed by atoms with E-state index in [0.29, 0.717) is 24.9 Å². The number of nitrogens with two attached hydrogens (primary N) is 1. The van der Waals surface area contributed by atoms with Crippen molar-refractivity contribution in [2.75, 3.05) is 16.3 Å². The number of benzene rings is 4. The number of amides is 3. The maximum Gasteiger partial charge on any atom is 0.251 e. The highest BCUT2D eigenvalue weighted by atomic mass is 35.5. The molecule has 4 aromatic rings. The van der Waals surface area contributed by atoms with Crippen molar-refractivity contribution >= 4 is 46.4 Å². The summed E-state index contributed by atoms with van der Waals surface area (Å²) in [6, 6.07) is 28.8. The van der Waals surface area contributed by atoms with Crippen molar-refractivity contribution < 1.29 is 18.8 Å². The van der Waals surface area contributed by atoms with Crippen LogP contribution in [0.15, 0.2) is 97.1 Å². The molecule has 3 amide bonds. The second-order valence-corrected chi connectivity index (χ2v) is 13.2. The first-order chi connectivity index (χ1) is 23.1. The van der Waals surface area contributed by atoms with Crippen LogP contribution in [-0.2, 0) is 20.9 Å². The summed E-state index contributed by atoms with van der Waals surface area (Å²) in [6.45, 7) is 6.36. The molecule has 1 aliphatic rings. The molecule has 7 nitrogen and oxygen atoms in total. The van der Waals surface area contributed by atoms with Crippen LogP contribution in [0.2, 0.25) is 5.02 Å². The molecular weight excluding hydrogens is 627 g/mol. The van der Waals surface area contributed by atoms with Gasteiger partial charge in [0.25, 0.3) is 5.91 Å². The fourth-order valence-corrected chi connectivity index (χ4v) is 6.69. The van der Waals surface area contributed by atoms with Crippen molar-refractivity contribution in [3.8, 4) is 11.1 Å². The lowest BCUT2D eigenvalue weighted by atomic mass is 9.81. The molecule has 5 rings (SSSR count). The Kier molecular flexibility index (Phi) is 11.2. The lowest BCUT2D eigenvalue weighted by Crippen LogP contribution is -2.54. The summed E-state index contributed by atoms with van der Waals surface area (Å²) in [7, 11) is 0. The average Bonchev–Trinajstić information content (AvgIpc) is 3.18. The van der Waals surface area contributed by atoms with Gasteiger partial charge in [0.05, 0.1) is 29.5 Å². The molecule has 0 saturated heterocycles. The van der Waals surface area contributed by atoms with Gasteiger partial charge in [-0.3, -0.25) is 14.4 Å². The lowest BCUT2D eigenvalue weighted by Gasteiger charge is -2.30. The predicted octanol–water partition coefficient (Wildman–Crippen LogP) is 7.88. The Hall–Kier alpha value is -4.69. The predicted molar refractivity (Wildman–Crippen MR) is 190 cm³/mol. The molecule has 0 bridgehead atoms. The molecule has 0 saturated carbocycles. The molecule has 1 aliphatic heterocycles. The Morgan fingerprint density at radius 3 is 2.27 bits per heavy atom. The van der Waals surface area contributed by atoms with Crippen molar-refractivity contribution in [3.63, 3.8) is 0 Å². The molecule has 0 radical (unpaired) electrons. The number of carbonyl (C=O) groups excluding carboxylic acids is 3. The van der Waals surface area contributed by atoms with Crippen LogP contribution in [0.5, 0.6) is 0 Å². The van der Waals surface area contributed by atoms with Crippen LogP contribution in [0.3, 0.4) is 0 Å². The Morgan fingerprint density at radius 1 is 0.917 bits per heavy atom. The number of carbonyl (C=O) groups is 3. The number of primary amides is 1. The molecule has 1 heterocycles. The van der Waals surface area contributed by atoms with E-state index in [9.17, 15) is 18.8 Å². The highest BCUT2D eigenvalue weighted by molar-refractivity contribution is 6.31. The summed E-state index contributed by atoms with van der Waals surface area (Å²) in [5.74, 6) is -2.81. The molecule has 250 valence electrons. The van der Waals surface area contributed by atoms with Crippen LogP contribution in [0.25, 0.3) is 11.1 Å². The zero-order valence-corrected chi connectivity index (χ0v) is 28.3. The zero-order valence-electron chi connectivity index (χ0n) is 27.5. The van der Waals surface area contributed by atoms with Crippen LogP contribution in [0.1, 0.15) is 45.6 Å². The number of fused-ring (bicyclic) bond motifs is 1. The van der Waals surface area contributed by atoms with Crippen LogP contribution in [-0.4, -0.2) is 30.3 Å². The van der Waals surface area contributed by atoms with Crippen molar-refractivity contribution in [1.82, 2.24) is 5.32 Å². The van der Waals surface area contributed by atoms with E-state index in [2.05, 4.69) is 5.32 Å². The molecule has 0 aliphatic carbocycles. The highest BCUT2D eigenvalue weighted by Crippen LogP contribution is 2.38. The third-order valence-corrected chi connectivity index (χ3v) is 9.10. The minimum Gasteiger partial charge on any atom is -0.369 e. The van der Waals surface area contributed by atoms with E-state index >= 15 is 0 Å². The SMILES string of the molecule is CCC[C@H](C(N)=O)[C@@H](CC(C)C)C(=O)NC1CN(c2ccccc2)c2ccccc2N(Cc2cccc(-c3ccc(F)c(Cl)c3)c2)C1=O. The van der Waals surface area contributed by atoms with Gasteiger partial charge in [0.2, 0.25) is 11.8 Å². The topological polar surface area (TPSA) is 95.7 Å². The first kappa shape index (κ1) is 34.6. The van der Waals surface area contributed by atoms with Gasteiger partial charge in [-0.15, -0.1) is 0 Å². The molecule has 1 unspecified atom stereocenters. The van der Waals surface area contributed by atoms with Gasteiger partial charge in [0.15, 0.2) is 0 Å². The van der Waals surface area contributed by atoms with Gasteiger partial charge in [-0.1, -0.05) is 93.4 Å². The summed E-state index contributed by atoms with van der Waals surface area (Å²) >= 11 is 6.09. The third kappa shape index (κ3) is 7.88. The zero-order chi connectivity index (χ0) is 34.4. The number of halogens is 2. The average molecular weight is 669 g/mol. The third-order valence-electron chi connectivity index (χ3n) is 8.81. The maximum atomic E-state index is 14.7.